The predicted octanol–water partition coefficient (Wildman–Crippen LogP) is 2.30. The van der Waals surface area contributed by atoms with Crippen molar-refractivity contribution in [3.05, 3.63) is 0 Å². The van der Waals surface area contributed by atoms with E-state index in [0.717, 1.165) is 40.7 Å². The molecule has 0 aromatic rings. The Morgan fingerprint density at radius 2 is 1.43 bits per heavy atom. The molecule has 0 aromatic carbocycles. The number of hydrogen-bond acceptors (Lipinski definition) is 16. The average molecular weight is 769 g/mol. The molecule has 1 saturated heterocycles. The minimum atomic E-state index is -1.56. The molecule has 0 spiro atoms. The Morgan fingerprint density at radius 3 is 2.02 bits per heavy atom. The standard InChI is InChI=1S/C38H56O16/c1-18(39)48-17-28(49-19(2)40)38(46)14-12-26-25-10-9-23-15-24(11-13-36(23,6)29(25)27(44)16-37(26,38)7)53-35-33(52-22(5)43)31(51-21(4)42)30(50-20(3)41)32(54-35)34(45)47-8/h23-33,35,44,46H,9-17H2,1-8H3/t23-,24-,25+,26-,27-,28+,29-,30+,31+,32+,33-,35-,36-,37-,38-/m1/s1. The molecule has 304 valence electrons. The Kier molecular flexibility index (Phi) is 12.4. The van der Waals surface area contributed by atoms with E-state index in [1.54, 1.807) is 0 Å². The molecular formula is C38H56O16. The normalized spacial score (nSPS) is 41.8. The lowest BCUT2D eigenvalue weighted by Crippen LogP contribution is -2.65. The summed E-state index contributed by atoms with van der Waals surface area (Å²) < 4.78 is 44.7. The number of methoxy groups -OCH3 is 1. The molecule has 0 unspecified atom stereocenters. The molecule has 0 radical (unpaired) electrons. The van der Waals surface area contributed by atoms with Gasteiger partial charge >= 0.3 is 35.8 Å². The molecular weight excluding hydrogens is 712 g/mol. The van der Waals surface area contributed by atoms with E-state index in [9.17, 15) is 39.0 Å². The maximum absolute atomic E-state index is 12.9. The SMILES string of the molecule is COC(=O)[C@H]1O[C@@H](O[C@@H]2CC[C@]3(C)[C@H](CC[C@@H]4[C@@H]3[C@H](O)C[C@]3(C)[C@@H]4CC[C@@]3(O)[C@H](COC(C)=O)OC(C)=O)C2)[C@H](OC(C)=O)[C@@H](OC(C)=O)[C@@H]1OC(C)=O. The van der Waals surface area contributed by atoms with Gasteiger partial charge in [0.2, 0.25) is 0 Å². The number of esters is 6. The van der Waals surface area contributed by atoms with Crippen molar-refractivity contribution in [2.45, 2.75) is 154 Å². The molecule has 1 heterocycles. The number of fused-ring (bicyclic) bond motifs is 5. The van der Waals surface area contributed by atoms with E-state index in [2.05, 4.69) is 6.92 Å². The van der Waals surface area contributed by atoms with Crippen molar-refractivity contribution in [2.24, 2.45) is 34.5 Å². The second-order valence-corrected chi connectivity index (χ2v) is 16.3. The van der Waals surface area contributed by atoms with Gasteiger partial charge < -0.3 is 48.1 Å². The number of aliphatic hydroxyl groups excluding tert-OH is 1. The Labute approximate surface area is 315 Å². The Balaban J connectivity index is 1.36. The van der Waals surface area contributed by atoms with E-state index in [0.29, 0.717) is 32.1 Å². The van der Waals surface area contributed by atoms with Gasteiger partial charge in [0, 0.05) is 40.0 Å². The number of rotatable bonds is 10. The van der Waals surface area contributed by atoms with Crippen LogP contribution in [0.5, 0.6) is 0 Å². The number of carbonyl (C=O) groups excluding carboxylic acids is 6. The van der Waals surface area contributed by atoms with Gasteiger partial charge in [0.1, 0.15) is 12.2 Å². The van der Waals surface area contributed by atoms with Crippen LogP contribution in [0.3, 0.4) is 0 Å². The minimum Gasteiger partial charge on any atom is -0.467 e. The van der Waals surface area contributed by atoms with Gasteiger partial charge in [-0.25, -0.2) is 4.79 Å². The summed E-state index contributed by atoms with van der Waals surface area (Å²) in [5, 5.41) is 24.4. The highest BCUT2D eigenvalue weighted by atomic mass is 16.7. The fourth-order valence-corrected chi connectivity index (χ4v) is 11.1. The van der Waals surface area contributed by atoms with E-state index in [1.165, 1.54) is 13.8 Å². The summed E-state index contributed by atoms with van der Waals surface area (Å²) in [5.74, 6) is -4.31. The topological polar surface area (TPSA) is 217 Å². The van der Waals surface area contributed by atoms with Crippen LogP contribution in [-0.4, -0.2) is 114 Å². The van der Waals surface area contributed by atoms with Crippen molar-refractivity contribution in [2.75, 3.05) is 13.7 Å². The monoisotopic (exact) mass is 768 g/mol. The first-order valence-corrected chi connectivity index (χ1v) is 18.9. The van der Waals surface area contributed by atoms with Crippen LogP contribution in [0.2, 0.25) is 0 Å². The van der Waals surface area contributed by atoms with Crippen molar-refractivity contribution in [1.29, 1.82) is 0 Å². The summed E-state index contributed by atoms with van der Waals surface area (Å²) >= 11 is 0. The molecule has 54 heavy (non-hydrogen) atoms. The zero-order chi connectivity index (χ0) is 39.9. The second-order valence-electron chi connectivity index (χ2n) is 16.3. The number of hydrogen-bond donors (Lipinski definition) is 2. The fraction of sp³-hybridized carbons (Fsp3) is 0.842. The molecule has 2 N–H and O–H groups in total. The van der Waals surface area contributed by atoms with Crippen LogP contribution in [0, 0.1) is 34.5 Å². The summed E-state index contributed by atoms with van der Waals surface area (Å²) in [6, 6.07) is 0. The number of aliphatic hydroxyl groups is 2. The van der Waals surface area contributed by atoms with E-state index >= 15 is 0 Å². The van der Waals surface area contributed by atoms with Crippen LogP contribution in [0.4, 0.5) is 0 Å². The minimum absolute atomic E-state index is 0.0109. The first kappa shape index (κ1) is 41.8. The van der Waals surface area contributed by atoms with Gasteiger partial charge in [-0.15, -0.1) is 0 Å². The molecule has 0 bridgehead atoms. The molecule has 5 rings (SSSR count). The summed E-state index contributed by atoms with van der Waals surface area (Å²) in [4.78, 5) is 73.3. The molecule has 4 aliphatic carbocycles. The average Bonchev–Trinajstić information content (AvgIpc) is 3.34. The van der Waals surface area contributed by atoms with E-state index in [-0.39, 0.29) is 42.1 Å². The lowest BCUT2D eigenvalue weighted by atomic mass is 9.43. The molecule has 5 aliphatic rings. The molecule has 16 nitrogen and oxygen atoms in total. The van der Waals surface area contributed by atoms with Gasteiger partial charge in [-0.1, -0.05) is 13.8 Å². The fourth-order valence-electron chi connectivity index (χ4n) is 11.1. The van der Waals surface area contributed by atoms with Crippen LogP contribution in [-0.2, 0) is 66.7 Å². The van der Waals surface area contributed by atoms with Gasteiger partial charge in [0.05, 0.1) is 19.3 Å². The Hall–Kier alpha value is -3.34. The van der Waals surface area contributed by atoms with E-state index in [4.69, 9.17) is 37.9 Å². The highest BCUT2D eigenvalue weighted by Gasteiger charge is 2.69. The summed E-state index contributed by atoms with van der Waals surface area (Å²) in [7, 11) is 1.12. The molecule has 1 aliphatic heterocycles. The smallest absolute Gasteiger partial charge is 0.339 e. The number of ether oxygens (including phenoxy) is 8. The third-order valence-corrected chi connectivity index (χ3v) is 13.2. The van der Waals surface area contributed by atoms with Crippen LogP contribution < -0.4 is 0 Å². The zero-order valence-corrected chi connectivity index (χ0v) is 32.4. The van der Waals surface area contributed by atoms with Crippen LogP contribution in [0.25, 0.3) is 0 Å². The molecule has 5 fully saturated rings. The van der Waals surface area contributed by atoms with Gasteiger partial charge in [-0.2, -0.15) is 0 Å². The third-order valence-electron chi connectivity index (χ3n) is 13.2. The Morgan fingerprint density at radius 1 is 0.796 bits per heavy atom. The highest BCUT2D eigenvalue weighted by molar-refractivity contribution is 5.77. The van der Waals surface area contributed by atoms with Crippen LogP contribution >= 0.6 is 0 Å². The third kappa shape index (κ3) is 7.85. The van der Waals surface area contributed by atoms with Crippen molar-refractivity contribution in [1.82, 2.24) is 0 Å². The summed E-state index contributed by atoms with van der Waals surface area (Å²) in [6.45, 7) is 9.76. The lowest BCUT2D eigenvalue weighted by Gasteiger charge is -2.63. The zero-order valence-electron chi connectivity index (χ0n) is 32.4. The van der Waals surface area contributed by atoms with Crippen molar-refractivity contribution in [3.8, 4) is 0 Å². The second kappa shape index (κ2) is 16.0. The quantitative estimate of drug-likeness (QED) is 0.185. The molecule has 4 saturated carbocycles. The molecule has 0 amide bonds. The molecule has 0 aromatic heterocycles. The van der Waals surface area contributed by atoms with E-state index < -0.39 is 95.8 Å². The van der Waals surface area contributed by atoms with Gasteiger partial charge in [-0.3, -0.25) is 24.0 Å². The summed E-state index contributed by atoms with van der Waals surface area (Å²) in [5.41, 5.74) is -2.65. The van der Waals surface area contributed by atoms with Gasteiger partial charge in [0.25, 0.3) is 0 Å². The predicted molar refractivity (Wildman–Crippen MR) is 182 cm³/mol. The van der Waals surface area contributed by atoms with Gasteiger partial charge in [-0.05, 0) is 80.5 Å². The maximum Gasteiger partial charge on any atom is 0.339 e. The van der Waals surface area contributed by atoms with Gasteiger partial charge in [0.15, 0.2) is 36.8 Å². The first-order chi connectivity index (χ1) is 25.2. The lowest BCUT2D eigenvalue weighted by molar-refractivity contribution is -0.315. The first-order valence-electron chi connectivity index (χ1n) is 18.9. The molecule has 15 atom stereocenters. The summed E-state index contributed by atoms with van der Waals surface area (Å²) in [6.07, 6.45) is -5.06. The largest absolute Gasteiger partial charge is 0.467 e. The number of carbonyl (C=O) groups is 6. The van der Waals surface area contributed by atoms with Crippen molar-refractivity contribution in [3.63, 3.8) is 0 Å². The van der Waals surface area contributed by atoms with Crippen LogP contribution in [0.15, 0.2) is 0 Å². The Bertz CT molecular complexity index is 1470. The van der Waals surface area contributed by atoms with Crippen molar-refractivity contribution >= 4 is 35.8 Å². The van der Waals surface area contributed by atoms with E-state index in [1.807, 2.05) is 6.92 Å². The highest BCUT2D eigenvalue weighted by Crippen LogP contribution is 2.69. The molecule has 16 heteroatoms. The van der Waals surface area contributed by atoms with Crippen molar-refractivity contribution < 1.29 is 76.9 Å². The van der Waals surface area contributed by atoms with Crippen LogP contribution in [0.1, 0.15) is 99.8 Å². The maximum atomic E-state index is 12.9.